The lowest BCUT2D eigenvalue weighted by molar-refractivity contribution is 0.0465. The summed E-state index contributed by atoms with van der Waals surface area (Å²) in [5.41, 5.74) is 2.98. The van der Waals surface area contributed by atoms with Crippen molar-refractivity contribution in [2.45, 2.75) is 20.0 Å². The fourth-order valence-electron chi connectivity index (χ4n) is 2.61. The van der Waals surface area contributed by atoms with Gasteiger partial charge < -0.3 is 10.2 Å². The zero-order valence-electron chi connectivity index (χ0n) is 12.7. The molecule has 1 atom stereocenters. The molecule has 2 aromatic carbocycles. The molecule has 0 amide bonds. The highest BCUT2D eigenvalue weighted by Crippen LogP contribution is 2.34. The summed E-state index contributed by atoms with van der Waals surface area (Å²) in [6.45, 7) is 5.02. The van der Waals surface area contributed by atoms with Gasteiger partial charge in [-0.3, -0.25) is 0 Å². The van der Waals surface area contributed by atoms with Crippen LogP contribution in [-0.4, -0.2) is 18.4 Å². The van der Waals surface area contributed by atoms with E-state index in [1.165, 1.54) is 0 Å². The van der Waals surface area contributed by atoms with Crippen molar-refractivity contribution in [2.75, 3.05) is 11.9 Å². The highest BCUT2D eigenvalue weighted by molar-refractivity contribution is 6.30. The van der Waals surface area contributed by atoms with E-state index in [1.807, 2.05) is 42.5 Å². The second-order valence-electron chi connectivity index (χ2n) is 6.01. The van der Waals surface area contributed by atoms with Crippen LogP contribution in [0.15, 0.2) is 59.8 Å². The Hall–Kier alpha value is -2.00. The van der Waals surface area contributed by atoms with Crippen molar-refractivity contribution >= 4 is 23.0 Å². The van der Waals surface area contributed by atoms with Crippen LogP contribution in [0, 0.1) is 5.41 Å². The minimum atomic E-state index is -0.152. The topological polar surface area (TPSA) is 33.6 Å². The molecule has 0 saturated heterocycles. The van der Waals surface area contributed by atoms with E-state index in [1.54, 1.807) is 0 Å². The van der Waals surface area contributed by atoms with Gasteiger partial charge in [-0.05, 0) is 24.3 Å². The molecule has 0 bridgehead atoms. The first-order valence-corrected chi connectivity index (χ1v) is 7.74. The maximum Gasteiger partial charge on any atom is 0.155 e. The number of nitrogens with one attached hydrogen (secondary N) is 1. The number of rotatable bonds is 4. The van der Waals surface area contributed by atoms with Gasteiger partial charge in [0.2, 0.25) is 0 Å². The predicted molar refractivity (Wildman–Crippen MR) is 91.6 cm³/mol. The smallest absolute Gasteiger partial charge is 0.155 e. The Morgan fingerprint density at radius 1 is 1.09 bits per heavy atom. The molecule has 114 valence electrons. The Morgan fingerprint density at radius 3 is 2.45 bits per heavy atom. The maximum atomic E-state index is 5.90. The van der Waals surface area contributed by atoms with E-state index in [9.17, 15) is 0 Å². The Bertz CT molecular complexity index is 665. The minimum absolute atomic E-state index is 0.0154. The molecule has 1 aliphatic rings. The van der Waals surface area contributed by atoms with E-state index in [0.29, 0.717) is 6.54 Å². The van der Waals surface area contributed by atoms with Gasteiger partial charge in [0, 0.05) is 16.3 Å². The van der Waals surface area contributed by atoms with Crippen LogP contribution in [0.1, 0.15) is 19.4 Å². The fourth-order valence-corrected chi connectivity index (χ4v) is 2.74. The van der Waals surface area contributed by atoms with Gasteiger partial charge in [-0.1, -0.05) is 60.9 Å². The molecule has 0 aliphatic carbocycles. The molecule has 3 rings (SSSR count). The Balaban J connectivity index is 1.68. The number of nitrogens with zero attached hydrogens (tertiary/aromatic N) is 1. The summed E-state index contributed by atoms with van der Waals surface area (Å²) in [5.74, 6) is 0. The predicted octanol–water partition coefficient (Wildman–Crippen LogP) is 4.58. The summed E-state index contributed by atoms with van der Waals surface area (Å²) in [6.07, 6.45) is -0.0154. The molecule has 22 heavy (non-hydrogen) atoms. The number of oxime groups is 1. The van der Waals surface area contributed by atoms with E-state index in [2.05, 4.69) is 36.5 Å². The van der Waals surface area contributed by atoms with E-state index in [-0.39, 0.29) is 11.5 Å². The van der Waals surface area contributed by atoms with Crippen molar-refractivity contribution in [1.29, 1.82) is 0 Å². The van der Waals surface area contributed by atoms with Crippen LogP contribution in [0.4, 0.5) is 5.69 Å². The van der Waals surface area contributed by atoms with E-state index >= 15 is 0 Å². The lowest BCUT2D eigenvalue weighted by Crippen LogP contribution is -2.38. The van der Waals surface area contributed by atoms with Crippen molar-refractivity contribution < 1.29 is 4.84 Å². The summed E-state index contributed by atoms with van der Waals surface area (Å²) in [7, 11) is 0. The Kier molecular flexibility index (Phi) is 4.08. The van der Waals surface area contributed by atoms with Crippen LogP contribution in [0.5, 0.6) is 0 Å². The largest absolute Gasteiger partial charge is 0.389 e. The van der Waals surface area contributed by atoms with Gasteiger partial charge in [0.1, 0.15) is 0 Å². The Labute approximate surface area is 135 Å². The molecule has 0 radical (unpaired) electrons. The second-order valence-corrected chi connectivity index (χ2v) is 6.45. The highest BCUT2D eigenvalue weighted by Gasteiger charge is 2.42. The first kappa shape index (κ1) is 14.9. The fraction of sp³-hybridized carbons (Fsp3) is 0.278. The standard InChI is InChI=1S/C18H19ClN2O/c1-18(2)16(12-20-15-10-8-14(19)9-11-15)22-21-17(18)13-6-4-3-5-7-13/h3-11,16,20H,12H2,1-2H3. The average molecular weight is 315 g/mol. The highest BCUT2D eigenvalue weighted by atomic mass is 35.5. The van der Waals surface area contributed by atoms with Crippen molar-refractivity contribution in [2.24, 2.45) is 10.6 Å². The molecule has 1 unspecified atom stereocenters. The summed E-state index contributed by atoms with van der Waals surface area (Å²) in [4.78, 5) is 5.68. The first-order valence-electron chi connectivity index (χ1n) is 7.36. The molecular weight excluding hydrogens is 296 g/mol. The van der Waals surface area contributed by atoms with E-state index in [4.69, 9.17) is 16.4 Å². The molecular formula is C18H19ClN2O. The molecule has 1 N–H and O–H groups in total. The normalized spacial score (nSPS) is 19.4. The lowest BCUT2D eigenvalue weighted by Gasteiger charge is -2.26. The van der Waals surface area contributed by atoms with E-state index < -0.39 is 0 Å². The minimum Gasteiger partial charge on any atom is -0.389 e. The number of benzene rings is 2. The van der Waals surface area contributed by atoms with Gasteiger partial charge in [0.25, 0.3) is 0 Å². The molecule has 2 aromatic rings. The maximum absolute atomic E-state index is 5.90. The molecule has 0 spiro atoms. The molecule has 4 heteroatoms. The van der Waals surface area contributed by atoms with Gasteiger partial charge in [-0.15, -0.1) is 0 Å². The third-order valence-electron chi connectivity index (χ3n) is 4.07. The Morgan fingerprint density at radius 2 is 1.77 bits per heavy atom. The van der Waals surface area contributed by atoms with Crippen molar-refractivity contribution in [1.82, 2.24) is 0 Å². The zero-order valence-corrected chi connectivity index (χ0v) is 13.5. The summed E-state index contributed by atoms with van der Waals surface area (Å²) in [6, 6.07) is 17.9. The van der Waals surface area contributed by atoms with Crippen molar-refractivity contribution in [3.8, 4) is 0 Å². The van der Waals surface area contributed by atoms with Crippen LogP contribution >= 0.6 is 11.6 Å². The van der Waals surface area contributed by atoms with Crippen LogP contribution in [0.25, 0.3) is 0 Å². The number of hydrogen-bond acceptors (Lipinski definition) is 3. The quantitative estimate of drug-likeness (QED) is 0.896. The van der Waals surface area contributed by atoms with Crippen LogP contribution in [-0.2, 0) is 4.84 Å². The van der Waals surface area contributed by atoms with Crippen LogP contribution in [0.2, 0.25) is 5.02 Å². The first-order chi connectivity index (χ1) is 10.6. The molecule has 1 heterocycles. The molecule has 0 fully saturated rings. The monoisotopic (exact) mass is 314 g/mol. The van der Waals surface area contributed by atoms with Gasteiger partial charge in [0.05, 0.1) is 17.7 Å². The van der Waals surface area contributed by atoms with Gasteiger partial charge in [-0.25, -0.2) is 0 Å². The van der Waals surface area contributed by atoms with Crippen LogP contribution in [0.3, 0.4) is 0 Å². The van der Waals surface area contributed by atoms with Gasteiger partial charge >= 0.3 is 0 Å². The summed E-state index contributed by atoms with van der Waals surface area (Å²) < 4.78 is 0. The third kappa shape index (κ3) is 2.95. The van der Waals surface area contributed by atoms with Crippen LogP contribution < -0.4 is 5.32 Å². The van der Waals surface area contributed by atoms with Gasteiger partial charge in [-0.2, -0.15) is 0 Å². The average Bonchev–Trinajstić information content (AvgIpc) is 2.82. The summed E-state index contributed by atoms with van der Waals surface area (Å²) >= 11 is 5.90. The molecule has 0 aromatic heterocycles. The SMILES string of the molecule is CC1(C)C(c2ccccc2)=NOC1CNc1ccc(Cl)cc1. The number of anilines is 1. The van der Waals surface area contributed by atoms with E-state index in [0.717, 1.165) is 22.0 Å². The van der Waals surface area contributed by atoms with Crippen molar-refractivity contribution in [3.63, 3.8) is 0 Å². The van der Waals surface area contributed by atoms with Crippen molar-refractivity contribution in [3.05, 3.63) is 65.2 Å². The van der Waals surface area contributed by atoms with Gasteiger partial charge in [0.15, 0.2) is 6.10 Å². The molecule has 3 nitrogen and oxygen atoms in total. The molecule has 0 saturated carbocycles. The summed E-state index contributed by atoms with van der Waals surface area (Å²) in [5, 5.41) is 8.44. The molecule has 1 aliphatic heterocycles. The third-order valence-corrected chi connectivity index (χ3v) is 4.32. The number of hydrogen-bond donors (Lipinski definition) is 1. The zero-order chi connectivity index (χ0) is 15.6. The second kappa shape index (κ2) is 6.01. The number of halogens is 1. The lowest BCUT2D eigenvalue weighted by atomic mass is 9.79.